The fraction of sp³-hybridized carbons (Fsp3) is 0.474. The molecule has 2 aliphatic rings. The zero-order valence-electron chi connectivity index (χ0n) is 14.5. The quantitative estimate of drug-likeness (QED) is 0.721. The molecule has 0 N–H and O–H groups in total. The van der Waals surface area contributed by atoms with Crippen LogP contribution in [0.5, 0.6) is 0 Å². The third-order valence-electron chi connectivity index (χ3n) is 5.49. The molecular formula is C19H22N6. The highest BCUT2D eigenvalue weighted by Crippen LogP contribution is 2.30. The summed E-state index contributed by atoms with van der Waals surface area (Å²) in [6.07, 6.45) is 4.57. The second kappa shape index (κ2) is 5.79. The second-order valence-electron chi connectivity index (χ2n) is 7.14. The molecule has 1 atom stereocenters. The molecule has 1 unspecified atom stereocenters. The third kappa shape index (κ3) is 2.47. The molecule has 0 spiro atoms. The molecule has 6 nitrogen and oxygen atoms in total. The van der Waals surface area contributed by atoms with Gasteiger partial charge in [0.15, 0.2) is 0 Å². The Labute approximate surface area is 146 Å². The zero-order chi connectivity index (χ0) is 16.8. The molecule has 0 bridgehead atoms. The smallest absolute Gasteiger partial charge is 0.226 e. The van der Waals surface area contributed by atoms with Gasteiger partial charge in [0.05, 0.1) is 11.2 Å². The van der Waals surface area contributed by atoms with Gasteiger partial charge in [-0.15, -0.1) is 10.2 Å². The van der Waals surface area contributed by atoms with Crippen molar-refractivity contribution in [3.8, 4) is 0 Å². The maximum atomic E-state index is 4.82. The number of piperidine rings is 1. The Bertz CT molecular complexity index is 931. The van der Waals surface area contributed by atoms with E-state index < -0.39 is 0 Å². The van der Waals surface area contributed by atoms with Crippen LogP contribution in [0.3, 0.4) is 0 Å². The molecule has 2 aromatic heterocycles. The zero-order valence-corrected chi connectivity index (χ0v) is 14.5. The van der Waals surface area contributed by atoms with Gasteiger partial charge in [-0.1, -0.05) is 18.2 Å². The van der Waals surface area contributed by atoms with Crippen molar-refractivity contribution in [2.75, 3.05) is 18.0 Å². The predicted octanol–water partition coefficient (Wildman–Crippen LogP) is 2.86. The Morgan fingerprint density at radius 2 is 1.96 bits per heavy atom. The van der Waals surface area contributed by atoms with Crippen molar-refractivity contribution in [1.82, 2.24) is 24.7 Å². The van der Waals surface area contributed by atoms with Crippen molar-refractivity contribution in [2.24, 2.45) is 0 Å². The molecule has 5 rings (SSSR count). The summed E-state index contributed by atoms with van der Waals surface area (Å²) in [6, 6.07) is 8.24. The Hall–Kier alpha value is -2.50. The SMILES string of the molecule is Cc1nc(N2CCCC(c3nnc4n3CCC4)C2)nc2ccccc12. The maximum Gasteiger partial charge on any atom is 0.226 e. The lowest BCUT2D eigenvalue weighted by Crippen LogP contribution is -2.36. The van der Waals surface area contributed by atoms with Crippen molar-refractivity contribution in [1.29, 1.82) is 0 Å². The minimum absolute atomic E-state index is 0.420. The summed E-state index contributed by atoms with van der Waals surface area (Å²) in [5.74, 6) is 3.59. The van der Waals surface area contributed by atoms with Crippen molar-refractivity contribution < 1.29 is 0 Å². The summed E-state index contributed by atoms with van der Waals surface area (Å²) in [5, 5.41) is 10.0. The minimum Gasteiger partial charge on any atom is -0.340 e. The first-order chi connectivity index (χ1) is 12.3. The van der Waals surface area contributed by atoms with E-state index in [1.165, 1.54) is 12.8 Å². The lowest BCUT2D eigenvalue weighted by atomic mass is 9.97. The van der Waals surface area contributed by atoms with E-state index in [-0.39, 0.29) is 0 Å². The Kier molecular flexibility index (Phi) is 3.43. The highest BCUT2D eigenvalue weighted by atomic mass is 15.3. The molecule has 1 aromatic carbocycles. The van der Waals surface area contributed by atoms with E-state index >= 15 is 0 Å². The number of aromatic nitrogens is 5. The van der Waals surface area contributed by atoms with Crippen molar-refractivity contribution in [2.45, 2.75) is 45.1 Å². The number of fused-ring (bicyclic) bond motifs is 2. The summed E-state index contributed by atoms with van der Waals surface area (Å²) >= 11 is 0. The second-order valence-corrected chi connectivity index (χ2v) is 7.14. The van der Waals surface area contributed by atoms with Crippen LogP contribution in [0.15, 0.2) is 24.3 Å². The molecule has 2 aliphatic heterocycles. The molecule has 0 amide bonds. The molecule has 3 aromatic rings. The largest absolute Gasteiger partial charge is 0.340 e. The molecule has 0 saturated carbocycles. The summed E-state index contributed by atoms with van der Waals surface area (Å²) < 4.78 is 2.33. The average Bonchev–Trinajstić information content (AvgIpc) is 3.25. The number of para-hydroxylation sites is 1. The van der Waals surface area contributed by atoms with Gasteiger partial charge in [-0.3, -0.25) is 0 Å². The van der Waals surface area contributed by atoms with Crippen LogP contribution in [0.25, 0.3) is 10.9 Å². The summed E-state index contributed by atoms with van der Waals surface area (Å²) in [7, 11) is 0. The topological polar surface area (TPSA) is 59.7 Å². The number of benzene rings is 1. The average molecular weight is 334 g/mol. The van der Waals surface area contributed by atoms with Gasteiger partial charge < -0.3 is 9.47 Å². The summed E-state index contributed by atoms with van der Waals surface area (Å²) in [6.45, 7) is 5.07. The highest BCUT2D eigenvalue weighted by molar-refractivity contribution is 5.81. The van der Waals surface area contributed by atoms with Crippen molar-refractivity contribution in [3.05, 3.63) is 41.6 Å². The van der Waals surface area contributed by atoms with E-state index in [0.29, 0.717) is 5.92 Å². The standard InChI is InChI=1S/C19H22N6/c1-13-15-7-2-3-8-16(15)21-19(20-13)24-10-4-6-14(12-24)18-23-22-17-9-5-11-25(17)18/h2-3,7-8,14H,4-6,9-12H2,1H3. The number of anilines is 1. The van der Waals surface area contributed by atoms with Gasteiger partial charge in [-0.25, -0.2) is 9.97 Å². The first kappa shape index (κ1) is 14.8. The third-order valence-corrected chi connectivity index (χ3v) is 5.49. The van der Waals surface area contributed by atoms with Gasteiger partial charge in [-0.05, 0) is 32.3 Å². The van der Waals surface area contributed by atoms with E-state index in [1.54, 1.807) is 0 Å². The van der Waals surface area contributed by atoms with Gasteiger partial charge in [0.1, 0.15) is 11.6 Å². The van der Waals surface area contributed by atoms with Crippen LogP contribution in [-0.2, 0) is 13.0 Å². The molecule has 25 heavy (non-hydrogen) atoms. The molecule has 1 fully saturated rings. The maximum absolute atomic E-state index is 4.82. The molecular weight excluding hydrogens is 312 g/mol. The lowest BCUT2D eigenvalue weighted by molar-refractivity contribution is 0.468. The van der Waals surface area contributed by atoms with Crippen LogP contribution >= 0.6 is 0 Å². The van der Waals surface area contributed by atoms with Gasteiger partial charge >= 0.3 is 0 Å². The van der Waals surface area contributed by atoms with Crippen LogP contribution < -0.4 is 4.90 Å². The van der Waals surface area contributed by atoms with E-state index in [1.807, 2.05) is 12.1 Å². The van der Waals surface area contributed by atoms with Gasteiger partial charge in [0.25, 0.3) is 0 Å². The Morgan fingerprint density at radius 1 is 1.04 bits per heavy atom. The number of rotatable bonds is 2. The predicted molar refractivity (Wildman–Crippen MR) is 96.8 cm³/mol. The van der Waals surface area contributed by atoms with Crippen molar-refractivity contribution >= 4 is 16.9 Å². The molecule has 0 aliphatic carbocycles. The first-order valence-corrected chi connectivity index (χ1v) is 9.20. The molecule has 128 valence electrons. The Balaban J connectivity index is 1.46. The number of hydrogen-bond donors (Lipinski definition) is 0. The van der Waals surface area contributed by atoms with E-state index in [4.69, 9.17) is 9.97 Å². The van der Waals surface area contributed by atoms with Crippen molar-refractivity contribution in [3.63, 3.8) is 0 Å². The summed E-state index contributed by atoms with van der Waals surface area (Å²) in [4.78, 5) is 11.9. The number of nitrogens with zero attached hydrogens (tertiary/aromatic N) is 6. The van der Waals surface area contributed by atoms with E-state index in [0.717, 1.165) is 66.7 Å². The summed E-state index contributed by atoms with van der Waals surface area (Å²) in [5.41, 5.74) is 2.07. The fourth-order valence-corrected chi connectivity index (χ4v) is 4.21. The van der Waals surface area contributed by atoms with Gasteiger partial charge in [-0.2, -0.15) is 0 Å². The van der Waals surface area contributed by atoms with Crippen LogP contribution in [0.1, 0.15) is 42.5 Å². The minimum atomic E-state index is 0.420. The number of hydrogen-bond acceptors (Lipinski definition) is 5. The van der Waals surface area contributed by atoms with Crippen LogP contribution in [0.2, 0.25) is 0 Å². The van der Waals surface area contributed by atoms with Crippen LogP contribution in [-0.4, -0.2) is 37.8 Å². The number of aryl methyl sites for hydroxylation is 2. The van der Waals surface area contributed by atoms with E-state index in [2.05, 4.69) is 38.7 Å². The van der Waals surface area contributed by atoms with Gasteiger partial charge in [0.2, 0.25) is 5.95 Å². The lowest BCUT2D eigenvalue weighted by Gasteiger charge is -2.32. The monoisotopic (exact) mass is 334 g/mol. The molecule has 6 heteroatoms. The first-order valence-electron chi connectivity index (χ1n) is 9.20. The Morgan fingerprint density at radius 3 is 2.92 bits per heavy atom. The fourth-order valence-electron chi connectivity index (χ4n) is 4.21. The molecule has 1 saturated heterocycles. The molecule has 0 radical (unpaired) electrons. The van der Waals surface area contributed by atoms with E-state index in [9.17, 15) is 0 Å². The highest BCUT2D eigenvalue weighted by Gasteiger charge is 2.29. The molecule has 4 heterocycles. The van der Waals surface area contributed by atoms with Crippen LogP contribution in [0, 0.1) is 6.92 Å². The normalized spacial score (nSPS) is 20.2. The van der Waals surface area contributed by atoms with Crippen LogP contribution in [0.4, 0.5) is 5.95 Å². The van der Waals surface area contributed by atoms with Gasteiger partial charge in [0, 0.05) is 37.4 Å².